The summed E-state index contributed by atoms with van der Waals surface area (Å²) in [5.74, 6) is 0.619. The average molecular weight is 417 g/mol. The molecular formula is C21H21ClN2O3S. The number of fused-ring (bicyclic) bond motifs is 1. The van der Waals surface area contributed by atoms with Crippen LogP contribution in [0.15, 0.2) is 36.4 Å². The summed E-state index contributed by atoms with van der Waals surface area (Å²) in [5.41, 5.74) is 2.47. The van der Waals surface area contributed by atoms with Crippen LogP contribution in [0.1, 0.15) is 28.8 Å². The minimum atomic E-state index is -0.0963. The molecule has 0 saturated carbocycles. The lowest BCUT2D eigenvalue weighted by Gasteiger charge is -2.23. The Balaban J connectivity index is 1.72. The molecule has 0 bridgehead atoms. The highest BCUT2D eigenvalue weighted by Gasteiger charge is 2.27. The number of benzene rings is 2. The van der Waals surface area contributed by atoms with Gasteiger partial charge in [-0.15, -0.1) is 0 Å². The molecule has 1 fully saturated rings. The van der Waals surface area contributed by atoms with Gasteiger partial charge in [0.15, 0.2) is 5.13 Å². The molecule has 1 unspecified atom stereocenters. The molecule has 1 atom stereocenters. The number of ether oxygens (including phenoxy) is 2. The Hall–Kier alpha value is -2.15. The van der Waals surface area contributed by atoms with Crippen molar-refractivity contribution in [2.75, 3.05) is 25.2 Å². The molecule has 2 heterocycles. The summed E-state index contributed by atoms with van der Waals surface area (Å²) in [5, 5.41) is 1.34. The fraction of sp³-hybridized carbons (Fsp3) is 0.333. The van der Waals surface area contributed by atoms with Crippen molar-refractivity contribution < 1.29 is 14.3 Å². The molecule has 1 aliphatic rings. The molecule has 146 valence electrons. The summed E-state index contributed by atoms with van der Waals surface area (Å²) in [6, 6.07) is 10.9. The Kier molecular flexibility index (Phi) is 5.53. The van der Waals surface area contributed by atoms with Gasteiger partial charge in [0, 0.05) is 17.2 Å². The van der Waals surface area contributed by atoms with E-state index in [1.807, 2.05) is 19.1 Å². The SMILES string of the molecule is COc1ccc(C(=O)N(CC2CCCO2)c2nc3c(C)cc(Cl)cc3s2)cc1. The second kappa shape index (κ2) is 8.07. The van der Waals surface area contributed by atoms with E-state index in [1.54, 1.807) is 36.3 Å². The Morgan fingerprint density at radius 3 is 2.82 bits per heavy atom. The van der Waals surface area contributed by atoms with Crippen molar-refractivity contribution in [3.8, 4) is 5.75 Å². The van der Waals surface area contributed by atoms with Crippen LogP contribution in [0.3, 0.4) is 0 Å². The van der Waals surface area contributed by atoms with Crippen molar-refractivity contribution in [1.82, 2.24) is 4.98 Å². The lowest BCUT2D eigenvalue weighted by molar-refractivity contribution is 0.0917. The number of hydrogen-bond donors (Lipinski definition) is 0. The minimum Gasteiger partial charge on any atom is -0.497 e. The van der Waals surface area contributed by atoms with Crippen LogP contribution in [0.2, 0.25) is 5.02 Å². The first-order valence-electron chi connectivity index (χ1n) is 9.19. The van der Waals surface area contributed by atoms with Crippen molar-refractivity contribution in [1.29, 1.82) is 0 Å². The van der Waals surface area contributed by atoms with E-state index in [0.717, 1.165) is 35.2 Å². The number of nitrogens with zero attached hydrogens (tertiary/aromatic N) is 2. The van der Waals surface area contributed by atoms with Crippen LogP contribution in [0.5, 0.6) is 5.75 Å². The summed E-state index contributed by atoms with van der Waals surface area (Å²) in [7, 11) is 1.61. The van der Waals surface area contributed by atoms with E-state index in [9.17, 15) is 4.79 Å². The molecule has 0 spiro atoms. The molecule has 1 amide bonds. The van der Waals surface area contributed by atoms with Gasteiger partial charge in [-0.1, -0.05) is 22.9 Å². The second-order valence-electron chi connectivity index (χ2n) is 6.85. The topological polar surface area (TPSA) is 51.7 Å². The molecule has 3 aromatic rings. The van der Waals surface area contributed by atoms with Crippen molar-refractivity contribution >= 4 is 44.2 Å². The summed E-state index contributed by atoms with van der Waals surface area (Å²) in [4.78, 5) is 19.8. The Labute approximate surface area is 172 Å². The zero-order valence-electron chi connectivity index (χ0n) is 15.8. The first kappa shape index (κ1) is 19.2. The third kappa shape index (κ3) is 3.85. The van der Waals surface area contributed by atoms with Crippen molar-refractivity contribution in [3.05, 3.63) is 52.5 Å². The van der Waals surface area contributed by atoms with Crippen LogP contribution in [0.4, 0.5) is 5.13 Å². The summed E-state index contributed by atoms with van der Waals surface area (Å²) < 4.78 is 12.0. The highest BCUT2D eigenvalue weighted by Crippen LogP contribution is 2.34. The largest absolute Gasteiger partial charge is 0.497 e. The van der Waals surface area contributed by atoms with Crippen LogP contribution in [0, 0.1) is 6.92 Å². The molecule has 0 N–H and O–H groups in total. The number of carbonyl (C=O) groups is 1. The molecule has 2 aromatic carbocycles. The van der Waals surface area contributed by atoms with Gasteiger partial charge >= 0.3 is 0 Å². The van der Waals surface area contributed by atoms with Gasteiger partial charge in [-0.25, -0.2) is 4.98 Å². The molecule has 1 saturated heterocycles. The minimum absolute atomic E-state index is 0.0268. The van der Waals surface area contributed by atoms with Gasteiger partial charge in [0.25, 0.3) is 5.91 Å². The zero-order chi connectivity index (χ0) is 19.7. The third-order valence-electron chi connectivity index (χ3n) is 4.86. The fourth-order valence-electron chi connectivity index (χ4n) is 3.39. The smallest absolute Gasteiger partial charge is 0.260 e. The van der Waals surface area contributed by atoms with E-state index < -0.39 is 0 Å². The van der Waals surface area contributed by atoms with Gasteiger partial charge in [0.2, 0.25) is 0 Å². The predicted molar refractivity (Wildman–Crippen MR) is 113 cm³/mol. The summed E-state index contributed by atoms with van der Waals surface area (Å²) in [6.45, 7) is 3.20. The molecule has 0 radical (unpaired) electrons. The van der Waals surface area contributed by atoms with Gasteiger partial charge < -0.3 is 9.47 Å². The van der Waals surface area contributed by atoms with E-state index in [-0.39, 0.29) is 12.0 Å². The second-order valence-corrected chi connectivity index (χ2v) is 8.29. The van der Waals surface area contributed by atoms with Crippen LogP contribution in [0.25, 0.3) is 10.2 Å². The lowest BCUT2D eigenvalue weighted by atomic mass is 10.1. The standard InChI is InChI=1S/C21H21ClN2O3S/c1-13-10-15(22)11-18-19(13)23-21(28-18)24(12-17-4-3-9-27-17)20(25)14-5-7-16(26-2)8-6-14/h5-8,10-11,17H,3-4,9,12H2,1-2H3. The number of anilines is 1. The first-order chi connectivity index (χ1) is 13.5. The molecule has 0 aliphatic carbocycles. The molecule has 1 aromatic heterocycles. The normalized spacial score (nSPS) is 16.5. The number of methoxy groups -OCH3 is 1. The van der Waals surface area contributed by atoms with Crippen molar-refractivity contribution in [3.63, 3.8) is 0 Å². The number of amides is 1. The number of rotatable bonds is 5. The van der Waals surface area contributed by atoms with E-state index in [2.05, 4.69) is 0 Å². The first-order valence-corrected chi connectivity index (χ1v) is 10.4. The maximum atomic E-state index is 13.3. The maximum absolute atomic E-state index is 13.3. The van der Waals surface area contributed by atoms with Crippen LogP contribution in [-0.2, 0) is 4.74 Å². The van der Waals surface area contributed by atoms with Gasteiger partial charge in [-0.2, -0.15) is 0 Å². The molecule has 7 heteroatoms. The van der Waals surface area contributed by atoms with Crippen molar-refractivity contribution in [2.24, 2.45) is 0 Å². The van der Waals surface area contributed by atoms with Gasteiger partial charge in [-0.05, 0) is 61.7 Å². The van der Waals surface area contributed by atoms with E-state index >= 15 is 0 Å². The summed E-state index contributed by atoms with van der Waals surface area (Å²) in [6.07, 6.45) is 1.99. The fourth-order valence-corrected chi connectivity index (χ4v) is 4.82. The molecule has 28 heavy (non-hydrogen) atoms. The maximum Gasteiger partial charge on any atom is 0.260 e. The van der Waals surface area contributed by atoms with E-state index in [1.165, 1.54) is 11.3 Å². The Morgan fingerprint density at radius 1 is 1.36 bits per heavy atom. The molecular weight excluding hydrogens is 396 g/mol. The van der Waals surface area contributed by atoms with E-state index in [0.29, 0.717) is 28.0 Å². The summed E-state index contributed by atoms with van der Waals surface area (Å²) >= 11 is 7.68. The van der Waals surface area contributed by atoms with Crippen molar-refractivity contribution in [2.45, 2.75) is 25.9 Å². The van der Waals surface area contributed by atoms with Gasteiger partial charge in [0.1, 0.15) is 5.75 Å². The van der Waals surface area contributed by atoms with E-state index in [4.69, 9.17) is 26.1 Å². The zero-order valence-corrected chi connectivity index (χ0v) is 17.3. The predicted octanol–water partition coefficient (Wildman–Crippen LogP) is 5.09. The average Bonchev–Trinajstić information content (AvgIpc) is 3.35. The number of halogens is 1. The van der Waals surface area contributed by atoms with Crippen LogP contribution >= 0.6 is 22.9 Å². The van der Waals surface area contributed by atoms with Gasteiger partial charge in [-0.3, -0.25) is 9.69 Å². The number of aryl methyl sites for hydroxylation is 1. The Morgan fingerprint density at radius 2 is 2.14 bits per heavy atom. The number of thiazole rings is 1. The number of aromatic nitrogens is 1. The lowest BCUT2D eigenvalue weighted by Crippen LogP contribution is -2.37. The quantitative estimate of drug-likeness (QED) is 0.581. The Bertz CT molecular complexity index is 997. The molecule has 5 nitrogen and oxygen atoms in total. The highest BCUT2D eigenvalue weighted by atomic mass is 35.5. The number of carbonyl (C=O) groups excluding carboxylic acids is 1. The highest BCUT2D eigenvalue weighted by molar-refractivity contribution is 7.22. The van der Waals surface area contributed by atoms with Crippen LogP contribution < -0.4 is 9.64 Å². The van der Waals surface area contributed by atoms with Crippen LogP contribution in [-0.4, -0.2) is 37.3 Å². The monoisotopic (exact) mass is 416 g/mol. The third-order valence-corrected chi connectivity index (χ3v) is 6.11. The molecule has 4 rings (SSSR count). The number of hydrogen-bond acceptors (Lipinski definition) is 5. The molecule has 1 aliphatic heterocycles. The van der Waals surface area contributed by atoms with Gasteiger partial charge in [0.05, 0.1) is 30.0 Å².